The van der Waals surface area contributed by atoms with Crippen molar-refractivity contribution in [2.24, 2.45) is 0 Å². The monoisotopic (exact) mass is 350 g/mol. The summed E-state index contributed by atoms with van der Waals surface area (Å²) in [5.74, 6) is 0. The Labute approximate surface area is 129 Å². The average Bonchev–Trinajstić information content (AvgIpc) is 2.76. The zero-order valence-corrected chi connectivity index (χ0v) is 13.0. The van der Waals surface area contributed by atoms with Crippen LogP contribution in [0.25, 0.3) is 0 Å². The molecular formula is C11H15N2O9P. The standard InChI is InChI=1S/C11H15N2O9P/c1-19-7-8-6(22-23(16,17)18)4-3-5(14)12-11(15)13(4)10(21-8)9(7)20-2/h3,6-10H,1-2H3,(H,12,14,15)(H2,16,17,18)/t6-,7?,8-,9+,10-/m1/s1. The Morgan fingerprint density at radius 2 is 1.91 bits per heavy atom. The molecule has 11 nitrogen and oxygen atoms in total. The minimum atomic E-state index is -4.92. The number of rotatable bonds is 4. The molecule has 0 saturated carbocycles. The van der Waals surface area contributed by atoms with E-state index in [2.05, 4.69) is 4.98 Å². The molecule has 3 heterocycles. The highest BCUT2D eigenvalue weighted by atomic mass is 31.2. The smallest absolute Gasteiger partial charge is 0.376 e. The van der Waals surface area contributed by atoms with Gasteiger partial charge in [0.25, 0.3) is 5.56 Å². The Hall–Kier alpha value is -1.33. The van der Waals surface area contributed by atoms with Gasteiger partial charge in [0.15, 0.2) is 6.23 Å². The largest absolute Gasteiger partial charge is 0.470 e. The fourth-order valence-corrected chi connectivity index (χ4v) is 3.59. The molecule has 0 amide bonds. The quantitative estimate of drug-likeness (QED) is 0.559. The van der Waals surface area contributed by atoms with E-state index in [-0.39, 0.29) is 5.69 Å². The minimum absolute atomic E-state index is 0.00933. The Morgan fingerprint density at radius 1 is 1.26 bits per heavy atom. The van der Waals surface area contributed by atoms with Gasteiger partial charge in [0.2, 0.25) is 0 Å². The van der Waals surface area contributed by atoms with Crippen LogP contribution in [0.1, 0.15) is 18.0 Å². The maximum atomic E-state index is 12.1. The van der Waals surface area contributed by atoms with Gasteiger partial charge in [-0.05, 0) is 0 Å². The van der Waals surface area contributed by atoms with E-state index in [4.69, 9.17) is 28.5 Å². The second-order valence-corrected chi connectivity index (χ2v) is 6.33. The number of H-pyrrole nitrogens is 1. The first-order valence-corrected chi connectivity index (χ1v) is 8.10. The molecule has 3 rings (SSSR count). The van der Waals surface area contributed by atoms with Crippen LogP contribution in [0, 0.1) is 0 Å². The van der Waals surface area contributed by atoms with Crippen LogP contribution in [0.2, 0.25) is 0 Å². The highest BCUT2D eigenvalue weighted by molar-refractivity contribution is 7.46. The van der Waals surface area contributed by atoms with Gasteiger partial charge in [0.1, 0.15) is 24.4 Å². The fourth-order valence-electron chi connectivity index (χ4n) is 3.07. The molecule has 1 aromatic rings. The van der Waals surface area contributed by atoms with E-state index in [9.17, 15) is 14.2 Å². The van der Waals surface area contributed by atoms with Crippen molar-refractivity contribution in [1.82, 2.24) is 9.55 Å². The van der Waals surface area contributed by atoms with Crippen LogP contribution in [0.5, 0.6) is 0 Å². The fraction of sp³-hybridized carbons (Fsp3) is 0.636. The average molecular weight is 350 g/mol. The minimum Gasteiger partial charge on any atom is -0.376 e. The van der Waals surface area contributed by atoms with Crippen LogP contribution in [0.15, 0.2) is 15.7 Å². The first-order valence-electron chi connectivity index (χ1n) is 6.57. The SMILES string of the molecule is COC1[C@@H]2O[C@H]([C@H]1OC)n1c(cc(=O)[nH]c1=O)[C@H]2OP(=O)(O)O. The lowest BCUT2D eigenvalue weighted by Gasteiger charge is -2.32. The van der Waals surface area contributed by atoms with Crippen molar-refractivity contribution in [2.75, 3.05) is 14.2 Å². The summed E-state index contributed by atoms with van der Waals surface area (Å²) >= 11 is 0. The third-order valence-corrected chi connectivity index (χ3v) is 4.37. The van der Waals surface area contributed by atoms with E-state index in [0.29, 0.717) is 0 Å². The summed E-state index contributed by atoms with van der Waals surface area (Å²) in [6, 6.07) is 1.04. The van der Waals surface area contributed by atoms with Crippen LogP contribution in [-0.2, 0) is 23.3 Å². The van der Waals surface area contributed by atoms with Crippen LogP contribution in [0.4, 0.5) is 0 Å². The number of aromatic nitrogens is 2. The van der Waals surface area contributed by atoms with E-state index in [0.717, 1.165) is 10.6 Å². The summed E-state index contributed by atoms with van der Waals surface area (Å²) in [6.45, 7) is 0. The maximum Gasteiger partial charge on any atom is 0.470 e. The predicted octanol–water partition coefficient (Wildman–Crippen LogP) is -1.37. The van der Waals surface area contributed by atoms with E-state index >= 15 is 0 Å². The lowest BCUT2D eigenvalue weighted by molar-refractivity contribution is -0.117. The number of hydrogen-bond donors (Lipinski definition) is 3. The molecule has 23 heavy (non-hydrogen) atoms. The predicted molar refractivity (Wildman–Crippen MR) is 72.7 cm³/mol. The Morgan fingerprint density at radius 3 is 2.48 bits per heavy atom. The Bertz CT molecular complexity index is 767. The van der Waals surface area contributed by atoms with E-state index < -0.39 is 49.7 Å². The summed E-state index contributed by atoms with van der Waals surface area (Å²) in [4.78, 5) is 44.0. The number of phosphoric acid groups is 1. The number of fused-ring (bicyclic) bond motifs is 4. The van der Waals surface area contributed by atoms with Crippen LogP contribution in [-0.4, -0.2) is 51.9 Å². The molecule has 2 aliphatic heterocycles. The third kappa shape index (κ3) is 2.70. The first kappa shape index (κ1) is 16.5. The number of methoxy groups -OCH3 is 2. The van der Waals surface area contributed by atoms with Crippen LogP contribution >= 0.6 is 7.82 Å². The number of ether oxygens (including phenoxy) is 3. The van der Waals surface area contributed by atoms with E-state index in [1.807, 2.05) is 0 Å². The van der Waals surface area contributed by atoms with Crippen molar-refractivity contribution in [3.05, 3.63) is 32.6 Å². The van der Waals surface area contributed by atoms with Gasteiger partial charge in [-0.25, -0.2) is 9.36 Å². The molecule has 1 fully saturated rings. The Balaban J connectivity index is 2.21. The molecule has 0 radical (unpaired) electrons. The molecule has 2 aliphatic rings. The van der Waals surface area contributed by atoms with Crippen molar-refractivity contribution in [3.63, 3.8) is 0 Å². The third-order valence-electron chi connectivity index (χ3n) is 3.87. The molecule has 3 N–H and O–H groups in total. The van der Waals surface area contributed by atoms with Crippen LogP contribution < -0.4 is 11.2 Å². The van der Waals surface area contributed by atoms with Gasteiger partial charge in [0.05, 0.1) is 5.69 Å². The molecule has 1 aromatic heterocycles. The lowest BCUT2D eigenvalue weighted by Crippen LogP contribution is -2.42. The molecule has 2 bridgehead atoms. The van der Waals surface area contributed by atoms with E-state index in [1.54, 1.807) is 0 Å². The van der Waals surface area contributed by atoms with Gasteiger partial charge in [-0.3, -0.25) is 18.9 Å². The van der Waals surface area contributed by atoms with Crippen molar-refractivity contribution >= 4 is 7.82 Å². The van der Waals surface area contributed by atoms with Gasteiger partial charge >= 0.3 is 13.5 Å². The molecule has 0 spiro atoms. The highest BCUT2D eigenvalue weighted by Crippen LogP contribution is 2.51. The second-order valence-electron chi connectivity index (χ2n) is 5.14. The number of nitrogens with one attached hydrogen (secondary N) is 1. The normalized spacial score (nSPS) is 32.8. The number of hydrogen-bond acceptors (Lipinski definition) is 7. The zero-order chi connectivity index (χ0) is 16.9. The molecule has 1 saturated heterocycles. The number of aromatic amines is 1. The van der Waals surface area contributed by atoms with Crippen molar-refractivity contribution in [3.8, 4) is 0 Å². The molecule has 12 heteroatoms. The van der Waals surface area contributed by atoms with Crippen molar-refractivity contribution in [1.29, 1.82) is 0 Å². The summed E-state index contributed by atoms with van der Waals surface area (Å²) in [5.41, 5.74) is -1.52. The van der Waals surface area contributed by atoms with Gasteiger partial charge in [0, 0.05) is 20.3 Å². The van der Waals surface area contributed by atoms with Gasteiger partial charge in [-0.15, -0.1) is 0 Å². The summed E-state index contributed by atoms with van der Waals surface area (Å²) < 4.78 is 33.3. The van der Waals surface area contributed by atoms with E-state index in [1.165, 1.54) is 14.2 Å². The van der Waals surface area contributed by atoms with Crippen LogP contribution in [0.3, 0.4) is 0 Å². The number of phosphoric ester groups is 1. The molecule has 0 aliphatic carbocycles. The molecule has 128 valence electrons. The van der Waals surface area contributed by atoms with Gasteiger partial charge in [-0.2, -0.15) is 0 Å². The summed E-state index contributed by atoms with van der Waals surface area (Å²) in [7, 11) is -2.17. The summed E-state index contributed by atoms with van der Waals surface area (Å²) in [5, 5.41) is 0. The second kappa shape index (κ2) is 5.64. The maximum absolute atomic E-state index is 12.1. The van der Waals surface area contributed by atoms with Gasteiger partial charge in [-0.1, -0.05) is 0 Å². The lowest BCUT2D eigenvalue weighted by atomic mass is 10.0. The molecule has 1 unspecified atom stereocenters. The molecule has 0 aromatic carbocycles. The van der Waals surface area contributed by atoms with Gasteiger partial charge < -0.3 is 24.0 Å². The molecule has 5 atom stereocenters. The van der Waals surface area contributed by atoms with Crippen molar-refractivity contribution < 1.29 is 33.1 Å². The van der Waals surface area contributed by atoms with Crippen molar-refractivity contribution in [2.45, 2.75) is 30.6 Å². The topological polar surface area (TPSA) is 149 Å². The number of nitrogens with zero attached hydrogens (tertiary/aromatic N) is 1. The highest BCUT2D eigenvalue weighted by Gasteiger charge is 2.56. The molecular weight excluding hydrogens is 335 g/mol. The Kier molecular flexibility index (Phi) is 4.05. The summed E-state index contributed by atoms with van der Waals surface area (Å²) in [6.07, 6.45) is -4.71. The zero-order valence-electron chi connectivity index (χ0n) is 12.1. The first-order chi connectivity index (χ1) is 10.8.